The zero-order chi connectivity index (χ0) is 7.98. The first-order valence-electron chi connectivity index (χ1n) is 3.88. The topological polar surface area (TPSA) is 20.3 Å². The summed E-state index contributed by atoms with van der Waals surface area (Å²) in [6, 6.07) is 0. The van der Waals surface area contributed by atoms with Gasteiger partial charge in [-0.3, -0.25) is 4.79 Å². The van der Waals surface area contributed by atoms with Gasteiger partial charge < -0.3 is 4.57 Å². The highest BCUT2D eigenvalue weighted by Gasteiger charge is 2.00. The molecule has 0 aliphatic heterocycles. The molecule has 0 unspecified atom stereocenters. The Labute approximate surface area is 66.1 Å². The van der Waals surface area contributed by atoms with Gasteiger partial charge in [0.25, 0.3) is 0 Å². The van der Waals surface area contributed by atoms with Gasteiger partial charge in [-0.05, 0) is 13.5 Å². The lowest BCUT2D eigenvalue weighted by Gasteiger charge is -2.09. The fourth-order valence-corrected chi connectivity index (χ4v) is 0.973. The first kappa shape index (κ1) is 9.69. The van der Waals surface area contributed by atoms with E-state index in [9.17, 15) is 4.79 Å². The zero-order valence-corrected chi connectivity index (χ0v) is 9.18. The Kier molecular flexibility index (Phi) is 5.30. The monoisotopic (exact) mass is 159 g/mol. The average molecular weight is 159 g/mol. The SMILES string of the molecule is CCCCCC(=O)N(C)[SiH3]. The standard InChI is InChI=1S/C7H17NOSi/c1-3-4-5-6-7(9)8(2)10/h3-6H2,1-2,10H3. The number of hydrogen-bond donors (Lipinski definition) is 0. The molecule has 0 fully saturated rings. The lowest BCUT2D eigenvalue weighted by Crippen LogP contribution is -2.22. The molecule has 60 valence electrons. The minimum absolute atomic E-state index is 0.306. The van der Waals surface area contributed by atoms with Gasteiger partial charge in [0.1, 0.15) is 10.4 Å². The molecule has 0 N–H and O–H groups in total. The van der Waals surface area contributed by atoms with Gasteiger partial charge in [0, 0.05) is 6.42 Å². The second-order valence-corrected chi connectivity index (χ2v) is 4.09. The predicted molar refractivity (Wildman–Crippen MR) is 46.9 cm³/mol. The van der Waals surface area contributed by atoms with E-state index in [-0.39, 0.29) is 0 Å². The molecule has 1 amide bonds. The van der Waals surface area contributed by atoms with Crippen molar-refractivity contribution in [2.45, 2.75) is 32.6 Å². The van der Waals surface area contributed by atoms with Gasteiger partial charge in [-0.1, -0.05) is 19.8 Å². The van der Waals surface area contributed by atoms with Crippen LogP contribution in [0.15, 0.2) is 0 Å². The summed E-state index contributed by atoms with van der Waals surface area (Å²) in [5.74, 6) is 0.306. The van der Waals surface area contributed by atoms with Gasteiger partial charge in [0.05, 0.1) is 0 Å². The van der Waals surface area contributed by atoms with Crippen molar-refractivity contribution in [3.63, 3.8) is 0 Å². The van der Waals surface area contributed by atoms with Crippen LogP contribution in [0.4, 0.5) is 0 Å². The number of carbonyl (C=O) groups excluding carboxylic acids is 1. The van der Waals surface area contributed by atoms with Crippen molar-refractivity contribution in [1.82, 2.24) is 4.57 Å². The summed E-state index contributed by atoms with van der Waals surface area (Å²) in [6.45, 7) is 2.15. The molecular weight excluding hydrogens is 142 g/mol. The molecular formula is C7H17NOSi. The van der Waals surface area contributed by atoms with Gasteiger partial charge in [0.15, 0.2) is 0 Å². The fraction of sp³-hybridized carbons (Fsp3) is 0.857. The molecule has 0 spiro atoms. The summed E-state index contributed by atoms with van der Waals surface area (Å²) in [5, 5.41) is 0. The third-order valence-electron chi connectivity index (χ3n) is 1.49. The minimum atomic E-state index is 0.306. The van der Waals surface area contributed by atoms with Crippen LogP contribution in [0.5, 0.6) is 0 Å². The van der Waals surface area contributed by atoms with Crippen molar-refractivity contribution in [2.75, 3.05) is 7.05 Å². The maximum absolute atomic E-state index is 11.0. The number of hydrogen-bond acceptors (Lipinski definition) is 1. The van der Waals surface area contributed by atoms with E-state index in [4.69, 9.17) is 0 Å². The second kappa shape index (κ2) is 5.47. The summed E-state index contributed by atoms with van der Waals surface area (Å²) in [5.41, 5.74) is 0. The lowest BCUT2D eigenvalue weighted by atomic mass is 10.2. The van der Waals surface area contributed by atoms with Crippen molar-refractivity contribution in [2.24, 2.45) is 0 Å². The van der Waals surface area contributed by atoms with Gasteiger partial charge >= 0.3 is 0 Å². The summed E-state index contributed by atoms with van der Waals surface area (Å²) < 4.78 is 1.79. The van der Waals surface area contributed by atoms with Gasteiger partial charge in [-0.15, -0.1) is 0 Å². The molecule has 0 rings (SSSR count). The van der Waals surface area contributed by atoms with Crippen LogP contribution in [0.2, 0.25) is 0 Å². The van der Waals surface area contributed by atoms with E-state index in [2.05, 4.69) is 6.92 Å². The molecule has 0 heterocycles. The molecule has 0 bridgehead atoms. The third kappa shape index (κ3) is 4.55. The molecule has 0 aromatic rings. The Morgan fingerprint density at radius 2 is 2.10 bits per heavy atom. The summed E-state index contributed by atoms with van der Waals surface area (Å²) >= 11 is 0. The molecule has 0 aromatic heterocycles. The Bertz CT molecular complexity index is 104. The molecule has 3 heteroatoms. The normalized spacial score (nSPS) is 9.80. The lowest BCUT2D eigenvalue weighted by molar-refractivity contribution is -0.125. The smallest absolute Gasteiger partial charge is 0.213 e. The Balaban J connectivity index is 3.22. The van der Waals surface area contributed by atoms with Gasteiger partial charge in [-0.2, -0.15) is 0 Å². The van der Waals surface area contributed by atoms with Crippen LogP contribution in [0.3, 0.4) is 0 Å². The third-order valence-corrected chi connectivity index (χ3v) is 1.99. The number of amides is 1. The predicted octanol–water partition coefficient (Wildman–Crippen LogP) is 0.305. The van der Waals surface area contributed by atoms with E-state index in [0.717, 1.165) is 23.2 Å². The maximum atomic E-state index is 11.0. The first-order chi connectivity index (χ1) is 4.68. The highest BCUT2D eigenvalue weighted by Crippen LogP contribution is 1.99. The van der Waals surface area contributed by atoms with Crippen LogP contribution >= 0.6 is 0 Å². The van der Waals surface area contributed by atoms with Crippen LogP contribution in [-0.4, -0.2) is 27.9 Å². The Morgan fingerprint density at radius 1 is 1.50 bits per heavy atom. The molecule has 0 atom stereocenters. The molecule has 10 heavy (non-hydrogen) atoms. The zero-order valence-electron chi connectivity index (χ0n) is 7.18. The van der Waals surface area contributed by atoms with Crippen LogP contribution in [-0.2, 0) is 4.79 Å². The van der Waals surface area contributed by atoms with E-state index < -0.39 is 0 Å². The summed E-state index contributed by atoms with van der Waals surface area (Å²) in [7, 11) is 2.72. The highest BCUT2D eigenvalue weighted by molar-refractivity contribution is 6.13. The quantitative estimate of drug-likeness (QED) is 0.427. The first-order valence-corrected chi connectivity index (χ1v) is 4.78. The maximum Gasteiger partial charge on any atom is 0.213 e. The van der Waals surface area contributed by atoms with Crippen LogP contribution in [0, 0.1) is 0 Å². The van der Waals surface area contributed by atoms with Crippen LogP contribution < -0.4 is 0 Å². The van der Waals surface area contributed by atoms with E-state index in [0.29, 0.717) is 5.91 Å². The summed E-state index contributed by atoms with van der Waals surface area (Å²) in [4.78, 5) is 11.0. The number of nitrogens with zero attached hydrogens (tertiary/aromatic N) is 1. The average Bonchev–Trinajstić information content (AvgIpc) is 1.88. The fourth-order valence-electron chi connectivity index (χ4n) is 0.750. The summed E-state index contributed by atoms with van der Waals surface area (Å²) in [6.07, 6.45) is 4.18. The minimum Gasteiger partial charge on any atom is -0.381 e. The van der Waals surface area contributed by atoms with Crippen molar-refractivity contribution in [1.29, 1.82) is 0 Å². The molecule has 0 aliphatic carbocycles. The van der Waals surface area contributed by atoms with Crippen molar-refractivity contribution < 1.29 is 4.79 Å². The van der Waals surface area contributed by atoms with Crippen molar-refractivity contribution >= 4 is 16.3 Å². The highest BCUT2D eigenvalue weighted by atomic mass is 28.2. The Hall–Kier alpha value is -0.313. The number of unbranched alkanes of at least 4 members (excludes halogenated alkanes) is 2. The number of rotatable bonds is 4. The van der Waals surface area contributed by atoms with Crippen molar-refractivity contribution in [3.05, 3.63) is 0 Å². The molecule has 0 radical (unpaired) electrons. The van der Waals surface area contributed by atoms with Crippen LogP contribution in [0.1, 0.15) is 32.6 Å². The Morgan fingerprint density at radius 3 is 2.50 bits per heavy atom. The van der Waals surface area contributed by atoms with E-state index in [1.807, 2.05) is 7.05 Å². The largest absolute Gasteiger partial charge is 0.381 e. The molecule has 0 aliphatic rings. The molecule has 2 nitrogen and oxygen atoms in total. The van der Waals surface area contributed by atoms with Crippen LogP contribution in [0.25, 0.3) is 0 Å². The number of carbonyl (C=O) groups is 1. The van der Waals surface area contributed by atoms with Crippen molar-refractivity contribution in [3.8, 4) is 0 Å². The van der Waals surface area contributed by atoms with Gasteiger partial charge in [0.2, 0.25) is 5.91 Å². The van der Waals surface area contributed by atoms with E-state index >= 15 is 0 Å². The van der Waals surface area contributed by atoms with Gasteiger partial charge in [-0.25, -0.2) is 0 Å². The second-order valence-electron chi connectivity index (χ2n) is 2.75. The molecule has 0 aromatic carbocycles. The molecule has 0 saturated heterocycles. The van der Waals surface area contributed by atoms with E-state index in [1.165, 1.54) is 12.8 Å². The molecule has 0 saturated carbocycles. The van der Waals surface area contributed by atoms with E-state index in [1.54, 1.807) is 4.57 Å².